The number of hydrogen-bond donors (Lipinski definition) is 2. The summed E-state index contributed by atoms with van der Waals surface area (Å²) in [5, 5.41) is 9.85. The van der Waals surface area contributed by atoms with Crippen LogP contribution in [0.5, 0.6) is 0 Å². The maximum absolute atomic E-state index is 11.5. The van der Waals surface area contributed by atoms with Crippen molar-refractivity contribution in [2.75, 3.05) is 5.75 Å². The van der Waals surface area contributed by atoms with Gasteiger partial charge in [0.1, 0.15) is 5.75 Å². The summed E-state index contributed by atoms with van der Waals surface area (Å²) in [6.07, 6.45) is -0.489. The Hall–Kier alpha value is -1.11. The fourth-order valence-corrected chi connectivity index (χ4v) is 2.19. The van der Waals surface area contributed by atoms with E-state index in [0.29, 0.717) is 0 Å². The van der Waals surface area contributed by atoms with E-state index in [1.54, 1.807) is 13.8 Å². The van der Waals surface area contributed by atoms with E-state index >= 15 is 0 Å². The predicted octanol–water partition coefficient (Wildman–Crippen LogP) is -0.211. The Morgan fingerprint density at radius 1 is 1.25 bits per heavy atom. The Labute approximate surface area is 95.0 Å². The van der Waals surface area contributed by atoms with Gasteiger partial charge in [0.15, 0.2) is 9.84 Å². The maximum Gasteiger partial charge on any atom is 0.304 e. The molecule has 0 fully saturated rings. The van der Waals surface area contributed by atoms with Crippen LogP contribution in [0.15, 0.2) is 0 Å². The van der Waals surface area contributed by atoms with Crippen LogP contribution in [0.25, 0.3) is 0 Å². The summed E-state index contributed by atoms with van der Waals surface area (Å²) in [5.41, 5.74) is 0. The molecule has 0 rings (SSSR count). The highest BCUT2D eigenvalue weighted by molar-refractivity contribution is 7.92. The average molecular weight is 251 g/mol. The molecule has 7 heteroatoms. The van der Waals surface area contributed by atoms with Crippen molar-refractivity contribution in [1.82, 2.24) is 5.32 Å². The van der Waals surface area contributed by atoms with E-state index in [9.17, 15) is 18.0 Å². The van der Waals surface area contributed by atoms with E-state index in [4.69, 9.17) is 5.11 Å². The molecule has 0 aromatic carbocycles. The van der Waals surface area contributed by atoms with Crippen molar-refractivity contribution in [2.24, 2.45) is 0 Å². The summed E-state index contributed by atoms with van der Waals surface area (Å²) >= 11 is 0. The quantitative estimate of drug-likeness (QED) is 0.680. The van der Waals surface area contributed by atoms with Crippen LogP contribution in [0, 0.1) is 0 Å². The minimum atomic E-state index is -3.69. The highest BCUT2D eigenvalue weighted by Crippen LogP contribution is 2.06. The summed E-state index contributed by atoms with van der Waals surface area (Å²) < 4.78 is 23.1. The number of carboxylic acids is 1. The third kappa shape index (κ3) is 5.69. The van der Waals surface area contributed by atoms with E-state index in [1.807, 2.05) is 0 Å². The van der Waals surface area contributed by atoms with Crippen LogP contribution in [-0.4, -0.2) is 42.4 Å². The fourth-order valence-electron chi connectivity index (χ4n) is 1.06. The Morgan fingerprint density at radius 3 is 2.12 bits per heavy atom. The van der Waals surface area contributed by atoms with Crippen LogP contribution < -0.4 is 5.32 Å². The van der Waals surface area contributed by atoms with Gasteiger partial charge in [-0.05, 0) is 20.8 Å². The molecule has 0 saturated carbocycles. The lowest BCUT2D eigenvalue weighted by Gasteiger charge is -2.12. The molecule has 2 N–H and O–H groups in total. The Morgan fingerprint density at radius 2 is 1.75 bits per heavy atom. The largest absolute Gasteiger partial charge is 0.481 e. The average Bonchev–Trinajstić information content (AvgIpc) is 1.98. The molecule has 0 aliphatic rings. The third-order valence-corrected chi connectivity index (χ3v) is 3.91. The molecule has 6 nitrogen and oxygen atoms in total. The normalized spacial score (nSPS) is 13.5. The first-order valence-corrected chi connectivity index (χ1v) is 6.59. The third-order valence-electron chi connectivity index (χ3n) is 1.86. The molecular weight excluding hydrogens is 234 g/mol. The molecule has 0 bridgehead atoms. The lowest BCUT2D eigenvalue weighted by Crippen LogP contribution is -2.38. The van der Waals surface area contributed by atoms with Gasteiger partial charge in [-0.15, -0.1) is 0 Å². The van der Waals surface area contributed by atoms with Crippen LogP contribution in [0.4, 0.5) is 0 Å². The topological polar surface area (TPSA) is 101 Å². The molecular formula is C9H17NO5S. The maximum atomic E-state index is 11.5. The number of hydrogen-bond acceptors (Lipinski definition) is 4. The van der Waals surface area contributed by atoms with Crippen molar-refractivity contribution in [3.8, 4) is 0 Å². The van der Waals surface area contributed by atoms with Gasteiger partial charge in [-0.3, -0.25) is 9.59 Å². The molecule has 0 aromatic rings. The minimum Gasteiger partial charge on any atom is -0.481 e. The van der Waals surface area contributed by atoms with Crippen LogP contribution in [0.2, 0.25) is 0 Å². The molecule has 16 heavy (non-hydrogen) atoms. The van der Waals surface area contributed by atoms with E-state index < -0.39 is 39.1 Å². The standard InChI is InChI=1S/C9H17NO5S/c1-6(2)10-8(11)5-16(14,15)7(3)4-9(12)13/h6-7H,4-5H2,1-3H3,(H,10,11)(H,12,13). The molecule has 94 valence electrons. The second-order valence-electron chi connectivity index (χ2n) is 3.94. The Kier molecular flexibility index (Phi) is 5.43. The summed E-state index contributed by atoms with van der Waals surface area (Å²) in [6, 6.07) is -0.141. The van der Waals surface area contributed by atoms with E-state index in [0.717, 1.165) is 0 Å². The van der Waals surface area contributed by atoms with E-state index in [-0.39, 0.29) is 6.04 Å². The van der Waals surface area contributed by atoms with Crippen LogP contribution in [0.3, 0.4) is 0 Å². The molecule has 0 spiro atoms. The number of rotatable bonds is 6. The minimum absolute atomic E-state index is 0.141. The molecule has 1 amide bonds. The fraction of sp³-hybridized carbons (Fsp3) is 0.778. The first kappa shape index (κ1) is 14.9. The van der Waals surface area contributed by atoms with Crippen LogP contribution in [-0.2, 0) is 19.4 Å². The van der Waals surface area contributed by atoms with E-state index in [1.165, 1.54) is 6.92 Å². The molecule has 1 unspecified atom stereocenters. The lowest BCUT2D eigenvalue weighted by molar-refractivity contribution is -0.137. The van der Waals surface area contributed by atoms with Gasteiger partial charge in [0.2, 0.25) is 5.91 Å². The van der Waals surface area contributed by atoms with E-state index in [2.05, 4.69) is 5.32 Å². The number of aliphatic carboxylic acids is 1. The Balaban J connectivity index is 4.45. The highest BCUT2D eigenvalue weighted by Gasteiger charge is 2.26. The van der Waals surface area contributed by atoms with Gasteiger partial charge in [0.25, 0.3) is 0 Å². The summed E-state index contributed by atoms with van der Waals surface area (Å²) in [5.74, 6) is -2.47. The zero-order chi connectivity index (χ0) is 12.9. The lowest BCUT2D eigenvalue weighted by atomic mass is 10.3. The van der Waals surface area contributed by atoms with Crippen molar-refractivity contribution in [3.05, 3.63) is 0 Å². The SMILES string of the molecule is CC(C)NC(=O)CS(=O)(=O)C(C)CC(=O)O. The van der Waals surface area contributed by atoms with Crippen LogP contribution in [0.1, 0.15) is 27.2 Å². The number of carbonyl (C=O) groups is 2. The molecule has 0 aliphatic carbocycles. The van der Waals surface area contributed by atoms with Gasteiger partial charge in [0.05, 0.1) is 11.7 Å². The van der Waals surface area contributed by atoms with Gasteiger partial charge in [0, 0.05) is 6.04 Å². The number of nitrogens with one attached hydrogen (secondary N) is 1. The van der Waals surface area contributed by atoms with Gasteiger partial charge in [-0.2, -0.15) is 0 Å². The van der Waals surface area contributed by atoms with Gasteiger partial charge < -0.3 is 10.4 Å². The van der Waals surface area contributed by atoms with Crippen molar-refractivity contribution in [1.29, 1.82) is 0 Å². The van der Waals surface area contributed by atoms with Gasteiger partial charge >= 0.3 is 5.97 Å². The van der Waals surface area contributed by atoms with Gasteiger partial charge in [-0.25, -0.2) is 8.42 Å². The predicted molar refractivity (Wildman–Crippen MR) is 58.8 cm³/mol. The summed E-state index contributed by atoms with van der Waals surface area (Å²) in [6.45, 7) is 4.71. The monoisotopic (exact) mass is 251 g/mol. The number of sulfone groups is 1. The molecule has 0 heterocycles. The van der Waals surface area contributed by atoms with Crippen molar-refractivity contribution >= 4 is 21.7 Å². The number of carbonyl (C=O) groups excluding carboxylic acids is 1. The molecule has 0 radical (unpaired) electrons. The zero-order valence-electron chi connectivity index (χ0n) is 9.56. The van der Waals surface area contributed by atoms with Crippen molar-refractivity contribution in [3.63, 3.8) is 0 Å². The second kappa shape index (κ2) is 5.83. The first-order valence-electron chi connectivity index (χ1n) is 4.88. The highest BCUT2D eigenvalue weighted by atomic mass is 32.2. The number of carboxylic acid groups (broad SMARTS) is 1. The second-order valence-corrected chi connectivity index (χ2v) is 6.36. The van der Waals surface area contributed by atoms with Gasteiger partial charge in [-0.1, -0.05) is 0 Å². The summed E-state index contributed by atoms with van der Waals surface area (Å²) in [7, 11) is -3.69. The van der Waals surface area contributed by atoms with Crippen molar-refractivity contribution in [2.45, 2.75) is 38.5 Å². The molecule has 1 atom stereocenters. The molecule has 0 aliphatic heterocycles. The zero-order valence-corrected chi connectivity index (χ0v) is 10.4. The van der Waals surface area contributed by atoms with Crippen molar-refractivity contribution < 1.29 is 23.1 Å². The smallest absolute Gasteiger partial charge is 0.304 e. The summed E-state index contributed by atoms with van der Waals surface area (Å²) in [4.78, 5) is 21.6. The first-order chi connectivity index (χ1) is 7.15. The van der Waals surface area contributed by atoms with Crippen LogP contribution >= 0.6 is 0 Å². The Bertz CT molecular complexity index is 360. The number of amides is 1. The molecule has 0 saturated heterocycles. The molecule has 0 aromatic heterocycles.